The highest BCUT2D eigenvalue weighted by Crippen LogP contribution is 2.44. The molecule has 4 rings (SSSR count). The summed E-state index contributed by atoms with van der Waals surface area (Å²) in [6.45, 7) is 3.20. The van der Waals surface area contributed by atoms with E-state index in [0.717, 1.165) is 25.3 Å². The number of hydrogen-bond acceptors (Lipinski definition) is 5. The lowest BCUT2D eigenvalue weighted by atomic mass is 9.94. The first-order valence-corrected chi connectivity index (χ1v) is 9.52. The number of nitrogens with two attached hydrogens (primary N) is 1. The second kappa shape index (κ2) is 6.77. The number of pyridine rings is 1. The van der Waals surface area contributed by atoms with Gasteiger partial charge in [0.15, 0.2) is 11.6 Å². The minimum atomic E-state index is -1.32. The lowest BCUT2D eigenvalue weighted by Crippen LogP contribution is -2.46. The van der Waals surface area contributed by atoms with Gasteiger partial charge in [0.05, 0.1) is 18.0 Å². The van der Waals surface area contributed by atoms with Crippen molar-refractivity contribution in [1.29, 1.82) is 0 Å². The number of methoxy groups -OCH3 is 1. The Balaban J connectivity index is 1.99. The molecule has 2 aliphatic rings. The van der Waals surface area contributed by atoms with E-state index in [1.165, 1.54) is 13.3 Å². The lowest BCUT2D eigenvalue weighted by molar-refractivity contribution is 0.0695. The summed E-state index contributed by atoms with van der Waals surface area (Å²) in [6.07, 6.45) is 3.85. The van der Waals surface area contributed by atoms with Crippen molar-refractivity contribution in [2.75, 3.05) is 25.1 Å². The Kier molecular flexibility index (Phi) is 4.53. The monoisotopic (exact) mass is 389 g/mol. The van der Waals surface area contributed by atoms with Crippen LogP contribution in [0.5, 0.6) is 5.75 Å². The van der Waals surface area contributed by atoms with E-state index in [2.05, 4.69) is 0 Å². The molecule has 28 heavy (non-hydrogen) atoms. The van der Waals surface area contributed by atoms with Crippen LogP contribution in [-0.2, 0) is 0 Å². The molecular formula is C20H24FN3O4. The van der Waals surface area contributed by atoms with Gasteiger partial charge < -0.3 is 25.0 Å². The number of aromatic nitrogens is 1. The Morgan fingerprint density at radius 3 is 2.64 bits per heavy atom. The molecule has 0 unspecified atom stereocenters. The van der Waals surface area contributed by atoms with Gasteiger partial charge in [0, 0.05) is 31.4 Å². The smallest absolute Gasteiger partial charge is 0.341 e. The predicted molar refractivity (Wildman–Crippen MR) is 104 cm³/mol. The maximum atomic E-state index is 15.2. The van der Waals surface area contributed by atoms with E-state index < -0.39 is 17.2 Å². The first-order chi connectivity index (χ1) is 13.3. The minimum Gasteiger partial charge on any atom is -0.492 e. The number of aromatic carboxylic acids is 1. The van der Waals surface area contributed by atoms with Crippen molar-refractivity contribution in [3.8, 4) is 5.75 Å². The van der Waals surface area contributed by atoms with Crippen molar-refractivity contribution < 1.29 is 19.0 Å². The highest BCUT2D eigenvalue weighted by molar-refractivity contribution is 5.97. The zero-order valence-electron chi connectivity index (χ0n) is 15.9. The standard InChI is InChI=1S/C20H24FN3O4/c1-10-8-23(6-5-15(10)22)17-14(21)7-12-16(19(17)28-2)24(11-3-4-11)9-13(18(12)25)20(26)27/h7,9-11,15H,3-6,8,22H2,1-2H3,(H,26,27)/t10-,15+/m0/s1. The number of hydrogen-bond donors (Lipinski definition) is 2. The quantitative estimate of drug-likeness (QED) is 0.833. The molecule has 1 aliphatic carbocycles. The number of anilines is 1. The van der Waals surface area contributed by atoms with Gasteiger partial charge in [-0.2, -0.15) is 0 Å². The van der Waals surface area contributed by atoms with Gasteiger partial charge in [-0.1, -0.05) is 6.92 Å². The Morgan fingerprint density at radius 2 is 2.07 bits per heavy atom. The fourth-order valence-electron chi connectivity index (χ4n) is 4.09. The van der Waals surface area contributed by atoms with Crippen molar-refractivity contribution >= 4 is 22.6 Å². The molecular weight excluding hydrogens is 365 g/mol. The summed E-state index contributed by atoms with van der Waals surface area (Å²) in [5.41, 5.74) is 5.82. The van der Waals surface area contributed by atoms with Crippen molar-refractivity contribution in [2.45, 2.75) is 38.3 Å². The van der Waals surface area contributed by atoms with Crippen molar-refractivity contribution in [3.63, 3.8) is 0 Å². The number of fused-ring (bicyclic) bond motifs is 1. The van der Waals surface area contributed by atoms with Crippen LogP contribution < -0.4 is 20.8 Å². The summed E-state index contributed by atoms with van der Waals surface area (Å²) in [5, 5.41) is 9.44. The average molecular weight is 389 g/mol. The Bertz CT molecular complexity index is 1010. The molecule has 1 aliphatic heterocycles. The highest BCUT2D eigenvalue weighted by Gasteiger charge is 2.33. The third kappa shape index (κ3) is 2.92. The number of halogens is 1. The molecule has 3 N–H and O–H groups in total. The van der Waals surface area contributed by atoms with Gasteiger partial charge >= 0.3 is 5.97 Å². The van der Waals surface area contributed by atoms with Crippen LogP contribution in [0.2, 0.25) is 0 Å². The molecule has 0 bridgehead atoms. The fraction of sp³-hybridized carbons (Fsp3) is 0.500. The molecule has 0 radical (unpaired) electrons. The predicted octanol–water partition coefficient (Wildman–Crippen LogP) is 2.36. The molecule has 2 heterocycles. The molecule has 7 nitrogen and oxygen atoms in total. The molecule has 2 fully saturated rings. The number of ether oxygens (including phenoxy) is 1. The summed E-state index contributed by atoms with van der Waals surface area (Å²) in [4.78, 5) is 26.2. The lowest BCUT2D eigenvalue weighted by Gasteiger charge is -2.37. The molecule has 1 saturated heterocycles. The largest absolute Gasteiger partial charge is 0.492 e. The Morgan fingerprint density at radius 1 is 1.36 bits per heavy atom. The number of rotatable bonds is 4. The minimum absolute atomic E-state index is 0.0339. The first-order valence-electron chi connectivity index (χ1n) is 9.52. The number of carbonyl (C=O) groups is 1. The van der Waals surface area contributed by atoms with Gasteiger partial charge in [0.25, 0.3) is 0 Å². The van der Waals surface area contributed by atoms with E-state index in [4.69, 9.17) is 10.5 Å². The second-order valence-corrected chi connectivity index (χ2v) is 7.83. The van der Waals surface area contributed by atoms with Gasteiger partial charge in [-0.25, -0.2) is 9.18 Å². The molecule has 2 atom stereocenters. The zero-order valence-corrected chi connectivity index (χ0v) is 15.9. The number of carboxylic acid groups (broad SMARTS) is 1. The maximum Gasteiger partial charge on any atom is 0.341 e. The van der Waals surface area contributed by atoms with Crippen molar-refractivity contribution in [3.05, 3.63) is 33.9 Å². The van der Waals surface area contributed by atoms with E-state index >= 15 is 4.39 Å². The van der Waals surface area contributed by atoms with E-state index in [1.807, 2.05) is 11.8 Å². The molecule has 1 saturated carbocycles. The molecule has 8 heteroatoms. The normalized spacial score (nSPS) is 22.5. The van der Waals surface area contributed by atoms with Gasteiger partial charge in [-0.05, 0) is 31.2 Å². The van der Waals surface area contributed by atoms with Gasteiger partial charge in [0.2, 0.25) is 5.43 Å². The number of benzene rings is 1. The van der Waals surface area contributed by atoms with Crippen molar-refractivity contribution in [2.24, 2.45) is 11.7 Å². The van der Waals surface area contributed by atoms with Crippen LogP contribution in [0.3, 0.4) is 0 Å². The number of nitrogens with zero attached hydrogens (tertiary/aromatic N) is 2. The topological polar surface area (TPSA) is 97.8 Å². The fourth-order valence-corrected chi connectivity index (χ4v) is 4.09. The van der Waals surface area contributed by atoms with Crippen LogP contribution >= 0.6 is 0 Å². The SMILES string of the molecule is COc1c(N2CC[C@@H](N)[C@@H](C)C2)c(F)cc2c(=O)c(C(=O)O)cn(C3CC3)c12. The first kappa shape index (κ1) is 18.7. The summed E-state index contributed by atoms with van der Waals surface area (Å²) < 4.78 is 22.6. The van der Waals surface area contributed by atoms with Crippen molar-refractivity contribution in [1.82, 2.24) is 4.57 Å². The van der Waals surface area contributed by atoms with E-state index in [0.29, 0.717) is 24.3 Å². The summed E-state index contributed by atoms with van der Waals surface area (Å²) in [5.74, 6) is -1.44. The third-order valence-corrected chi connectivity index (χ3v) is 5.86. The highest BCUT2D eigenvalue weighted by atomic mass is 19.1. The molecule has 1 aromatic carbocycles. The van der Waals surface area contributed by atoms with Gasteiger partial charge in [-0.3, -0.25) is 4.79 Å². The Hall–Kier alpha value is -2.61. The van der Waals surface area contributed by atoms with Crippen LogP contribution in [0.25, 0.3) is 10.9 Å². The van der Waals surface area contributed by atoms with Crippen LogP contribution in [0, 0.1) is 11.7 Å². The van der Waals surface area contributed by atoms with Gasteiger partial charge in [-0.15, -0.1) is 0 Å². The maximum absolute atomic E-state index is 15.2. The summed E-state index contributed by atoms with van der Waals surface area (Å²) in [7, 11) is 1.45. The molecule has 0 spiro atoms. The molecule has 1 aromatic heterocycles. The molecule has 150 valence electrons. The Labute approximate surface area is 161 Å². The summed E-state index contributed by atoms with van der Waals surface area (Å²) >= 11 is 0. The third-order valence-electron chi connectivity index (χ3n) is 5.86. The number of carboxylic acids is 1. The number of piperidine rings is 1. The average Bonchev–Trinajstić information content (AvgIpc) is 3.48. The van der Waals surface area contributed by atoms with E-state index in [-0.39, 0.29) is 34.7 Å². The van der Waals surface area contributed by atoms with Crippen LogP contribution in [0.4, 0.5) is 10.1 Å². The van der Waals surface area contributed by atoms with Crippen LogP contribution in [0.1, 0.15) is 42.6 Å². The zero-order chi connectivity index (χ0) is 20.2. The molecule has 0 amide bonds. The van der Waals surface area contributed by atoms with Crippen LogP contribution in [0.15, 0.2) is 17.1 Å². The van der Waals surface area contributed by atoms with Crippen LogP contribution in [-0.4, -0.2) is 41.9 Å². The van der Waals surface area contributed by atoms with E-state index in [9.17, 15) is 14.7 Å². The molecule has 2 aromatic rings. The summed E-state index contributed by atoms with van der Waals surface area (Å²) in [6, 6.07) is 1.30. The van der Waals surface area contributed by atoms with Gasteiger partial charge in [0.1, 0.15) is 11.3 Å². The van der Waals surface area contributed by atoms with E-state index in [1.54, 1.807) is 4.57 Å². The second-order valence-electron chi connectivity index (χ2n) is 7.83.